The molecule has 0 spiro atoms. The van der Waals surface area contributed by atoms with E-state index in [2.05, 4.69) is 15.5 Å². The number of ether oxygens (including phenoxy) is 2. The molecule has 8 heteroatoms. The molecule has 1 atom stereocenters. The standard InChI is InChI=1S/C24H23N3O5/c1-30-24(29)15-9-10-19(25-12-15)17-7-4-5-14-11-16(31-21(14)17)13-26-23(28)22-18-6-2-3-8-20(18)27-32-22/h4-5,7,9-10,12,16H,2-3,6,8,11,13H2,1H3,(H,26,28). The van der Waals surface area contributed by atoms with Gasteiger partial charge in [-0.2, -0.15) is 0 Å². The smallest absolute Gasteiger partial charge is 0.339 e. The van der Waals surface area contributed by atoms with Crippen molar-refractivity contribution in [3.05, 3.63) is 64.7 Å². The number of carbonyl (C=O) groups excluding carboxylic acids is 2. The highest BCUT2D eigenvalue weighted by Gasteiger charge is 2.29. The Kier molecular flexibility index (Phi) is 5.34. The van der Waals surface area contributed by atoms with Crippen LogP contribution in [0.25, 0.3) is 11.3 Å². The molecule has 8 nitrogen and oxygen atoms in total. The molecular weight excluding hydrogens is 410 g/mol. The van der Waals surface area contributed by atoms with Gasteiger partial charge >= 0.3 is 5.97 Å². The van der Waals surface area contributed by atoms with Gasteiger partial charge in [-0.3, -0.25) is 9.78 Å². The number of methoxy groups -OCH3 is 1. The summed E-state index contributed by atoms with van der Waals surface area (Å²) in [5, 5.41) is 6.99. The van der Waals surface area contributed by atoms with Crippen LogP contribution in [0.1, 0.15) is 50.6 Å². The molecule has 1 aromatic carbocycles. The molecule has 0 bridgehead atoms. The highest BCUT2D eigenvalue weighted by molar-refractivity contribution is 5.93. The number of nitrogens with zero attached hydrogens (tertiary/aromatic N) is 2. The number of hydrogen-bond donors (Lipinski definition) is 1. The predicted octanol–water partition coefficient (Wildman–Crippen LogP) is 3.14. The molecule has 1 unspecified atom stereocenters. The van der Waals surface area contributed by atoms with Crippen LogP contribution in [0.3, 0.4) is 0 Å². The first-order chi connectivity index (χ1) is 15.6. The van der Waals surface area contributed by atoms with Gasteiger partial charge in [0.05, 0.1) is 30.6 Å². The van der Waals surface area contributed by atoms with Gasteiger partial charge in [-0.25, -0.2) is 4.79 Å². The van der Waals surface area contributed by atoms with Gasteiger partial charge in [0.2, 0.25) is 5.76 Å². The number of para-hydroxylation sites is 1. The van der Waals surface area contributed by atoms with Gasteiger partial charge in [-0.1, -0.05) is 17.3 Å². The third-order valence-corrected chi connectivity index (χ3v) is 5.95. The van der Waals surface area contributed by atoms with Crippen LogP contribution in [-0.4, -0.2) is 41.8 Å². The van der Waals surface area contributed by atoms with E-state index in [1.165, 1.54) is 13.3 Å². The van der Waals surface area contributed by atoms with Crippen molar-refractivity contribution in [3.63, 3.8) is 0 Å². The summed E-state index contributed by atoms with van der Waals surface area (Å²) < 4.78 is 16.2. The van der Waals surface area contributed by atoms with Crippen molar-refractivity contribution in [1.82, 2.24) is 15.5 Å². The fraction of sp³-hybridized carbons (Fsp3) is 0.333. The average molecular weight is 433 g/mol. The molecule has 5 rings (SSSR count). The Balaban J connectivity index is 1.27. The maximum atomic E-state index is 12.7. The first-order valence-electron chi connectivity index (χ1n) is 10.7. The molecule has 1 aliphatic carbocycles. The van der Waals surface area contributed by atoms with Crippen LogP contribution in [0.2, 0.25) is 0 Å². The summed E-state index contributed by atoms with van der Waals surface area (Å²) in [4.78, 5) is 28.7. The van der Waals surface area contributed by atoms with Crippen molar-refractivity contribution in [3.8, 4) is 17.0 Å². The summed E-state index contributed by atoms with van der Waals surface area (Å²) in [6.07, 6.45) is 5.81. The number of rotatable bonds is 5. The third-order valence-electron chi connectivity index (χ3n) is 5.95. The van der Waals surface area contributed by atoms with E-state index in [4.69, 9.17) is 14.0 Å². The van der Waals surface area contributed by atoms with Crippen LogP contribution in [-0.2, 0) is 24.0 Å². The highest BCUT2D eigenvalue weighted by Crippen LogP contribution is 2.38. The Morgan fingerprint density at radius 3 is 2.88 bits per heavy atom. The molecular formula is C24H23N3O5. The maximum absolute atomic E-state index is 12.7. The minimum atomic E-state index is -0.428. The van der Waals surface area contributed by atoms with Crippen LogP contribution in [0.5, 0.6) is 5.75 Å². The van der Waals surface area contributed by atoms with Crippen molar-refractivity contribution >= 4 is 11.9 Å². The van der Waals surface area contributed by atoms with E-state index < -0.39 is 5.97 Å². The summed E-state index contributed by atoms with van der Waals surface area (Å²) in [6, 6.07) is 9.35. The van der Waals surface area contributed by atoms with E-state index in [-0.39, 0.29) is 12.0 Å². The van der Waals surface area contributed by atoms with Gasteiger partial charge in [0.1, 0.15) is 11.9 Å². The van der Waals surface area contributed by atoms with Crippen molar-refractivity contribution in [2.24, 2.45) is 0 Å². The van der Waals surface area contributed by atoms with Crippen molar-refractivity contribution < 1.29 is 23.6 Å². The second kappa shape index (κ2) is 8.45. The Morgan fingerprint density at radius 2 is 2.06 bits per heavy atom. The first kappa shape index (κ1) is 20.2. The number of pyridine rings is 1. The van der Waals surface area contributed by atoms with Crippen LogP contribution < -0.4 is 10.1 Å². The van der Waals surface area contributed by atoms with Crippen LogP contribution in [0.15, 0.2) is 41.1 Å². The normalized spacial score (nSPS) is 16.6. The zero-order chi connectivity index (χ0) is 22.1. The number of benzene rings is 1. The minimum Gasteiger partial charge on any atom is -0.487 e. The summed E-state index contributed by atoms with van der Waals surface area (Å²) in [5.74, 6) is 0.399. The minimum absolute atomic E-state index is 0.191. The monoisotopic (exact) mass is 433 g/mol. The van der Waals surface area contributed by atoms with E-state index in [9.17, 15) is 9.59 Å². The second-order valence-electron chi connectivity index (χ2n) is 8.02. The largest absolute Gasteiger partial charge is 0.487 e. The number of nitrogens with one attached hydrogen (secondary N) is 1. The Labute approximate surface area is 184 Å². The molecule has 32 heavy (non-hydrogen) atoms. The molecule has 0 fully saturated rings. The molecule has 3 aromatic rings. The second-order valence-corrected chi connectivity index (χ2v) is 8.02. The molecule has 0 saturated heterocycles. The van der Waals surface area contributed by atoms with Crippen molar-refractivity contribution in [2.45, 2.75) is 38.2 Å². The van der Waals surface area contributed by atoms with Crippen LogP contribution in [0, 0.1) is 0 Å². The number of aryl methyl sites for hydroxylation is 1. The number of carbonyl (C=O) groups is 2. The SMILES string of the molecule is COC(=O)c1ccc(-c2cccc3c2OC(CNC(=O)c2onc4c2CCCC4)C3)nc1. The lowest BCUT2D eigenvalue weighted by Gasteiger charge is -2.14. The van der Waals surface area contributed by atoms with Gasteiger partial charge in [0.15, 0.2) is 0 Å². The van der Waals surface area contributed by atoms with Crippen molar-refractivity contribution in [1.29, 1.82) is 0 Å². The van der Waals surface area contributed by atoms with E-state index in [1.54, 1.807) is 12.1 Å². The lowest BCUT2D eigenvalue weighted by atomic mass is 9.96. The molecule has 1 amide bonds. The first-order valence-corrected chi connectivity index (χ1v) is 10.7. The number of esters is 1. The van der Waals surface area contributed by atoms with Gasteiger partial charge in [0.25, 0.3) is 5.91 Å². The molecule has 0 radical (unpaired) electrons. The third kappa shape index (κ3) is 3.72. The van der Waals surface area contributed by atoms with E-state index in [0.29, 0.717) is 30.0 Å². The van der Waals surface area contributed by atoms with E-state index in [0.717, 1.165) is 53.8 Å². The fourth-order valence-corrected chi connectivity index (χ4v) is 4.30. The summed E-state index contributed by atoms with van der Waals surface area (Å²) in [5.41, 5.74) is 4.83. The summed E-state index contributed by atoms with van der Waals surface area (Å²) >= 11 is 0. The number of hydrogen-bond acceptors (Lipinski definition) is 7. The molecule has 3 heterocycles. The Hall–Kier alpha value is -3.68. The van der Waals surface area contributed by atoms with Gasteiger partial charge in [-0.05, 0) is 49.4 Å². The zero-order valence-corrected chi connectivity index (χ0v) is 17.7. The summed E-state index contributed by atoms with van der Waals surface area (Å²) in [7, 11) is 1.34. The van der Waals surface area contributed by atoms with Gasteiger partial charge in [0, 0.05) is 23.7 Å². The van der Waals surface area contributed by atoms with E-state index in [1.807, 2.05) is 18.2 Å². The summed E-state index contributed by atoms with van der Waals surface area (Å²) in [6.45, 7) is 0.358. The van der Waals surface area contributed by atoms with Crippen LogP contribution >= 0.6 is 0 Å². The predicted molar refractivity (Wildman–Crippen MR) is 115 cm³/mol. The zero-order valence-electron chi connectivity index (χ0n) is 17.7. The molecule has 0 saturated carbocycles. The van der Waals surface area contributed by atoms with Gasteiger partial charge < -0.3 is 19.3 Å². The topological polar surface area (TPSA) is 104 Å². The van der Waals surface area contributed by atoms with Crippen molar-refractivity contribution in [2.75, 3.05) is 13.7 Å². The molecule has 1 N–H and O–H groups in total. The molecule has 2 aromatic heterocycles. The Morgan fingerprint density at radius 1 is 1.19 bits per heavy atom. The highest BCUT2D eigenvalue weighted by atomic mass is 16.5. The lowest BCUT2D eigenvalue weighted by Crippen LogP contribution is -2.34. The Bertz CT molecular complexity index is 1170. The maximum Gasteiger partial charge on any atom is 0.339 e. The number of amides is 1. The number of aromatic nitrogens is 2. The average Bonchev–Trinajstić information content (AvgIpc) is 3.46. The van der Waals surface area contributed by atoms with Crippen LogP contribution in [0.4, 0.5) is 0 Å². The lowest BCUT2D eigenvalue weighted by molar-refractivity contribution is 0.0600. The van der Waals surface area contributed by atoms with Gasteiger partial charge in [-0.15, -0.1) is 0 Å². The quantitative estimate of drug-likeness (QED) is 0.617. The molecule has 2 aliphatic rings. The van der Waals surface area contributed by atoms with E-state index >= 15 is 0 Å². The molecule has 164 valence electrons. The number of fused-ring (bicyclic) bond motifs is 2. The molecule has 1 aliphatic heterocycles. The fourth-order valence-electron chi connectivity index (χ4n) is 4.30.